The molecule has 0 aliphatic heterocycles. The molecule has 0 aromatic heterocycles. The molecule has 194 valence electrons. The van der Waals surface area contributed by atoms with Crippen molar-refractivity contribution in [3.63, 3.8) is 0 Å². The third kappa shape index (κ3) is 6.41. The van der Waals surface area contributed by atoms with Crippen molar-refractivity contribution in [1.29, 1.82) is 0 Å². The van der Waals surface area contributed by atoms with E-state index >= 15 is 0 Å². The van der Waals surface area contributed by atoms with Crippen molar-refractivity contribution in [2.24, 2.45) is 0 Å². The Bertz CT molecular complexity index is 1350. The molecule has 0 saturated heterocycles. The molecule has 4 aromatic carbocycles. The highest BCUT2D eigenvalue weighted by atomic mass is 16.5. The van der Waals surface area contributed by atoms with Crippen LogP contribution in [0.5, 0.6) is 5.75 Å². The van der Waals surface area contributed by atoms with E-state index in [1.165, 1.54) is 0 Å². The lowest BCUT2D eigenvalue weighted by Gasteiger charge is -2.32. The normalized spacial score (nSPS) is 14.2. The van der Waals surface area contributed by atoms with Gasteiger partial charge in [0.1, 0.15) is 11.8 Å². The third-order valence-electron chi connectivity index (χ3n) is 7.27. The van der Waals surface area contributed by atoms with Crippen LogP contribution in [0.15, 0.2) is 103 Å². The summed E-state index contributed by atoms with van der Waals surface area (Å²) in [6, 6.07) is 33.0. The Morgan fingerprint density at radius 3 is 2.16 bits per heavy atom. The van der Waals surface area contributed by atoms with Gasteiger partial charge in [-0.3, -0.25) is 9.59 Å². The molecule has 5 heteroatoms. The molecule has 1 saturated carbocycles. The Balaban J connectivity index is 1.42. The molecule has 0 radical (unpaired) electrons. The minimum Gasteiger partial charge on any atom is -0.483 e. The predicted molar refractivity (Wildman–Crippen MR) is 151 cm³/mol. The number of rotatable bonds is 10. The van der Waals surface area contributed by atoms with Crippen LogP contribution < -0.4 is 10.1 Å². The average Bonchev–Trinajstić information content (AvgIpc) is 3.47. The van der Waals surface area contributed by atoms with Crippen LogP contribution in [0.1, 0.15) is 36.8 Å². The summed E-state index contributed by atoms with van der Waals surface area (Å²) in [5, 5.41) is 5.25. The first-order chi connectivity index (χ1) is 18.7. The van der Waals surface area contributed by atoms with Gasteiger partial charge in [0, 0.05) is 24.4 Å². The van der Waals surface area contributed by atoms with E-state index in [0.717, 1.165) is 47.6 Å². The molecule has 0 heterocycles. The van der Waals surface area contributed by atoms with E-state index in [-0.39, 0.29) is 24.5 Å². The first-order valence-corrected chi connectivity index (χ1v) is 13.5. The Hall–Kier alpha value is -4.12. The maximum atomic E-state index is 13.9. The molecule has 1 atom stereocenters. The summed E-state index contributed by atoms with van der Waals surface area (Å²) in [7, 11) is 0. The van der Waals surface area contributed by atoms with E-state index in [4.69, 9.17) is 4.74 Å². The zero-order chi connectivity index (χ0) is 26.2. The number of carbonyl (C=O) groups is 2. The molecule has 1 fully saturated rings. The number of fused-ring (bicyclic) bond motifs is 1. The molecular weight excluding hydrogens is 472 g/mol. The van der Waals surface area contributed by atoms with Gasteiger partial charge in [-0.15, -0.1) is 0 Å². The number of carbonyl (C=O) groups excluding carboxylic acids is 2. The van der Waals surface area contributed by atoms with Gasteiger partial charge in [0.25, 0.3) is 5.91 Å². The average molecular weight is 507 g/mol. The highest BCUT2D eigenvalue weighted by Gasteiger charge is 2.32. The van der Waals surface area contributed by atoms with Gasteiger partial charge in [-0.25, -0.2) is 0 Å². The lowest BCUT2D eigenvalue weighted by Crippen LogP contribution is -2.53. The molecule has 5 nitrogen and oxygen atoms in total. The summed E-state index contributed by atoms with van der Waals surface area (Å²) in [4.78, 5) is 29.3. The third-order valence-corrected chi connectivity index (χ3v) is 7.27. The van der Waals surface area contributed by atoms with Gasteiger partial charge in [-0.05, 0) is 35.4 Å². The van der Waals surface area contributed by atoms with Gasteiger partial charge in [-0.2, -0.15) is 0 Å². The summed E-state index contributed by atoms with van der Waals surface area (Å²) in [5.41, 5.74) is 1.98. The SMILES string of the molecule is O=C(NC1CCCC1)[C@H](Cc1ccccc1)N(Cc1ccccc1)C(=O)COc1cccc2ccccc12. The Morgan fingerprint density at radius 2 is 1.42 bits per heavy atom. The zero-order valence-corrected chi connectivity index (χ0v) is 21.6. The maximum Gasteiger partial charge on any atom is 0.261 e. The van der Waals surface area contributed by atoms with Gasteiger partial charge < -0.3 is 15.0 Å². The number of ether oxygens (including phenoxy) is 1. The molecular formula is C33H34N2O3. The van der Waals surface area contributed by atoms with Crippen molar-refractivity contribution >= 4 is 22.6 Å². The number of benzene rings is 4. The minimum absolute atomic E-state index is 0.102. The Labute approximate surface area is 224 Å². The predicted octanol–water partition coefficient (Wildman–Crippen LogP) is 5.92. The molecule has 1 N–H and O–H groups in total. The summed E-state index contributed by atoms with van der Waals surface area (Å²) in [6.45, 7) is 0.178. The number of nitrogens with zero attached hydrogens (tertiary/aromatic N) is 1. The Kier molecular flexibility index (Phi) is 8.34. The summed E-state index contributed by atoms with van der Waals surface area (Å²) in [6.07, 6.45) is 4.66. The zero-order valence-electron chi connectivity index (χ0n) is 21.6. The first kappa shape index (κ1) is 25.5. The van der Waals surface area contributed by atoms with Crippen LogP contribution in [0.25, 0.3) is 10.8 Å². The van der Waals surface area contributed by atoms with Crippen LogP contribution in [0.2, 0.25) is 0 Å². The van der Waals surface area contributed by atoms with Crippen LogP contribution >= 0.6 is 0 Å². The highest BCUT2D eigenvalue weighted by Crippen LogP contribution is 2.26. The van der Waals surface area contributed by atoms with Crippen molar-refractivity contribution in [1.82, 2.24) is 10.2 Å². The highest BCUT2D eigenvalue weighted by molar-refractivity contribution is 5.90. The first-order valence-electron chi connectivity index (χ1n) is 13.5. The van der Waals surface area contributed by atoms with Crippen LogP contribution in [-0.2, 0) is 22.6 Å². The standard InChI is InChI=1S/C33H34N2O3/c36-32(24-38-31-21-11-17-27-16-7-10-20-29(27)31)35(23-26-14-5-2-6-15-26)30(22-25-12-3-1-4-13-25)33(37)34-28-18-8-9-19-28/h1-7,10-17,20-21,28,30H,8-9,18-19,22-24H2,(H,34,37)/t30-/m0/s1. The van der Waals surface area contributed by atoms with Gasteiger partial charge in [0.2, 0.25) is 5.91 Å². The molecule has 5 rings (SSSR count). The van der Waals surface area contributed by atoms with E-state index in [9.17, 15) is 9.59 Å². The van der Waals surface area contributed by atoms with E-state index < -0.39 is 6.04 Å². The van der Waals surface area contributed by atoms with E-state index in [1.54, 1.807) is 4.90 Å². The lowest BCUT2D eigenvalue weighted by molar-refractivity contribution is -0.143. The minimum atomic E-state index is -0.651. The van der Waals surface area contributed by atoms with Gasteiger partial charge >= 0.3 is 0 Å². The largest absolute Gasteiger partial charge is 0.483 e. The second-order valence-corrected chi connectivity index (χ2v) is 9.97. The molecule has 1 aliphatic rings. The van der Waals surface area contributed by atoms with Gasteiger partial charge in [-0.1, -0.05) is 110 Å². The van der Waals surface area contributed by atoms with Crippen LogP contribution in [0, 0.1) is 0 Å². The van der Waals surface area contributed by atoms with Crippen LogP contribution in [0.4, 0.5) is 0 Å². The molecule has 0 bridgehead atoms. The monoisotopic (exact) mass is 506 g/mol. The second kappa shape index (κ2) is 12.4. The van der Waals surface area contributed by atoms with Crippen molar-refractivity contribution in [3.05, 3.63) is 114 Å². The van der Waals surface area contributed by atoms with E-state index in [0.29, 0.717) is 18.7 Å². The second-order valence-electron chi connectivity index (χ2n) is 9.97. The number of hydrogen-bond acceptors (Lipinski definition) is 3. The molecule has 1 aliphatic carbocycles. The fourth-order valence-corrected chi connectivity index (χ4v) is 5.25. The van der Waals surface area contributed by atoms with Crippen LogP contribution in [-0.4, -0.2) is 35.4 Å². The van der Waals surface area contributed by atoms with Gasteiger partial charge in [0.15, 0.2) is 6.61 Å². The Morgan fingerprint density at radius 1 is 0.789 bits per heavy atom. The number of amides is 2. The van der Waals surface area contributed by atoms with Crippen LogP contribution in [0.3, 0.4) is 0 Å². The molecule has 4 aromatic rings. The molecule has 0 spiro atoms. The fourth-order valence-electron chi connectivity index (χ4n) is 5.25. The number of nitrogens with one attached hydrogen (secondary N) is 1. The number of hydrogen-bond donors (Lipinski definition) is 1. The summed E-state index contributed by atoms with van der Waals surface area (Å²) >= 11 is 0. The van der Waals surface area contributed by atoms with Crippen molar-refractivity contribution < 1.29 is 14.3 Å². The molecule has 2 amide bonds. The van der Waals surface area contributed by atoms with Crippen molar-refractivity contribution in [3.8, 4) is 5.75 Å². The smallest absolute Gasteiger partial charge is 0.261 e. The maximum absolute atomic E-state index is 13.9. The quantitative estimate of drug-likeness (QED) is 0.291. The fraction of sp³-hybridized carbons (Fsp3) is 0.273. The molecule has 38 heavy (non-hydrogen) atoms. The van der Waals surface area contributed by atoms with Crippen molar-refractivity contribution in [2.45, 2.75) is 50.7 Å². The summed E-state index contributed by atoms with van der Waals surface area (Å²) in [5.74, 6) is 0.339. The lowest BCUT2D eigenvalue weighted by atomic mass is 10.0. The summed E-state index contributed by atoms with van der Waals surface area (Å²) < 4.78 is 6.09. The van der Waals surface area contributed by atoms with E-state index in [2.05, 4.69) is 5.32 Å². The van der Waals surface area contributed by atoms with Gasteiger partial charge in [0.05, 0.1) is 0 Å². The topological polar surface area (TPSA) is 58.6 Å². The van der Waals surface area contributed by atoms with Crippen molar-refractivity contribution in [2.75, 3.05) is 6.61 Å². The van der Waals surface area contributed by atoms with E-state index in [1.807, 2.05) is 103 Å². The molecule has 0 unspecified atom stereocenters.